The number of rotatable bonds is 9. The van der Waals surface area contributed by atoms with Crippen LogP contribution in [-0.2, 0) is 22.7 Å². The minimum Gasteiger partial charge on any atom is -0.348 e. The van der Waals surface area contributed by atoms with Crippen LogP contribution in [0.25, 0.3) is 0 Å². The van der Waals surface area contributed by atoms with E-state index in [-0.39, 0.29) is 23.0 Å². The van der Waals surface area contributed by atoms with Crippen LogP contribution in [0, 0.1) is 37.0 Å². The molecule has 0 aliphatic heterocycles. The van der Waals surface area contributed by atoms with E-state index < -0.39 is 0 Å². The molecule has 4 aliphatic carbocycles. The van der Waals surface area contributed by atoms with Crippen LogP contribution in [0.2, 0.25) is 0 Å². The Morgan fingerprint density at radius 3 is 2.36 bits per heavy atom. The lowest BCUT2D eigenvalue weighted by atomic mass is 9.49. The molecule has 7 rings (SSSR count). The van der Waals surface area contributed by atoms with Crippen LogP contribution in [0.5, 0.6) is 0 Å². The normalized spacial score (nSPS) is 25.0. The first-order chi connectivity index (χ1) is 18.9. The lowest BCUT2D eigenvalue weighted by Gasteiger charge is -2.55. The van der Waals surface area contributed by atoms with Gasteiger partial charge >= 0.3 is 0 Å². The van der Waals surface area contributed by atoms with Crippen LogP contribution < -0.4 is 10.6 Å². The zero-order chi connectivity index (χ0) is 27.0. The molecule has 4 fully saturated rings. The first-order valence-corrected chi connectivity index (χ1v) is 15.1. The number of aromatic nitrogens is 3. The lowest BCUT2D eigenvalue weighted by molar-refractivity contribution is -0.146. The van der Waals surface area contributed by atoms with Gasteiger partial charge in [0.05, 0.1) is 18.8 Å². The average Bonchev–Trinajstić information content (AvgIpc) is 3.29. The highest BCUT2D eigenvalue weighted by Crippen LogP contribution is 2.60. The lowest BCUT2D eigenvalue weighted by Crippen LogP contribution is -2.53. The van der Waals surface area contributed by atoms with Crippen LogP contribution in [0.3, 0.4) is 0 Å². The van der Waals surface area contributed by atoms with Crippen molar-refractivity contribution in [2.45, 2.75) is 70.6 Å². The Morgan fingerprint density at radius 1 is 0.974 bits per heavy atom. The Bertz CT molecular complexity index is 1330. The van der Waals surface area contributed by atoms with E-state index in [2.05, 4.69) is 33.0 Å². The first kappa shape index (κ1) is 26.1. The Balaban J connectivity index is 1.15. The molecule has 2 amide bonds. The Hall–Kier alpha value is -3.13. The number of nitrogens with zero attached hydrogens (tertiary/aromatic N) is 3. The largest absolute Gasteiger partial charge is 0.348 e. The highest BCUT2D eigenvalue weighted by Gasteiger charge is 2.54. The summed E-state index contributed by atoms with van der Waals surface area (Å²) in [6, 6.07) is 16.2. The van der Waals surface area contributed by atoms with Crippen molar-refractivity contribution in [2.24, 2.45) is 23.2 Å². The molecule has 204 valence electrons. The summed E-state index contributed by atoms with van der Waals surface area (Å²) in [7, 11) is 0. The second kappa shape index (κ2) is 10.8. The van der Waals surface area contributed by atoms with Crippen LogP contribution >= 0.6 is 11.8 Å². The van der Waals surface area contributed by atoms with Crippen molar-refractivity contribution in [1.29, 1.82) is 0 Å². The summed E-state index contributed by atoms with van der Waals surface area (Å²) in [5.74, 6) is 3.22. The third kappa shape index (κ3) is 5.62. The zero-order valence-corrected chi connectivity index (χ0v) is 23.6. The van der Waals surface area contributed by atoms with Gasteiger partial charge in [0.25, 0.3) is 0 Å². The number of amides is 2. The molecular weight excluding hydrogens is 506 g/mol. The van der Waals surface area contributed by atoms with Crippen molar-refractivity contribution in [3.05, 3.63) is 71.0 Å². The topological polar surface area (TPSA) is 88.9 Å². The maximum Gasteiger partial charge on any atom is 0.234 e. The molecule has 39 heavy (non-hydrogen) atoms. The van der Waals surface area contributed by atoms with Crippen molar-refractivity contribution in [1.82, 2.24) is 20.1 Å². The standard InChI is InChI=1S/C31H37N5O2S/c1-20-8-9-21(2)26(10-20)33-28(37)19-39-30-35-34-27(36(30)18-22-6-4-3-5-7-22)17-32-29(38)31-14-23-11-24(15-31)13-25(12-23)16-31/h3-10,23-25H,11-19H2,1-2H3,(H,32,38)(H,33,37). The van der Waals surface area contributed by atoms with E-state index in [1.165, 1.54) is 31.0 Å². The van der Waals surface area contributed by atoms with E-state index in [0.717, 1.165) is 65.2 Å². The summed E-state index contributed by atoms with van der Waals surface area (Å²) < 4.78 is 2.03. The third-order valence-corrected chi connectivity index (χ3v) is 9.87. The Labute approximate surface area is 234 Å². The summed E-state index contributed by atoms with van der Waals surface area (Å²) in [5, 5.41) is 15.9. The molecule has 0 atom stereocenters. The number of nitrogens with one attached hydrogen (secondary N) is 2. The molecule has 0 spiro atoms. The van der Waals surface area contributed by atoms with E-state index in [1.54, 1.807) is 0 Å². The van der Waals surface area contributed by atoms with E-state index in [4.69, 9.17) is 0 Å². The average molecular weight is 544 g/mol. The number of hydrogen-bond donors (Lipinski definition) is 2. The van der Waals surface area contributed by atoms with Gasteiger partial charge in [0.2, 0.25) is 11.8 Å². The van der Waals surface area contributed by atoms with Crippen molar-refractivity contribution in [2.75, 3.05) is 11.1 Å². The number of aryl methyl sites for hydroxylation is 2. The number of benzene rings is 2. The van der Waals surface area contributed by atoms with Gasteiger partial charge in [-0.3, -0.25) is 9.59 Å². The highest BCUT2D eigenvalue weighted by molar-refractivity contribution is 7.99. The molecule has 4 aliphatic rings. The van der Waals surface area contributed by atoms with E-state index in [1.807, 2.05) is 54.8 Å². The van der Waals surface area contributed by atoms with Crippen molar-refractivity contribution < 1.29 is 9.59 Å². The predicted molar refractivity (Wildman–Crippen MR) is 153 cm³/mol. The number of carbonyl (C=O) groups is 2. The fourth-order valence-electron chi connectivity index (χ4n) is 7.40. The molecule has 4 bridgehead atoms. The molecule has 0 unspecified atom stereocenters. The fourth-order valence-corrected chi connectivity index (χ4v) is 8.16. The molecular formula is C31H37N5O2S. The van der Waals surface area contributed by atoms with Gasteiger partial charge in [0.15, 0.2) is 11.0 Å². The van der Waals surface area contributed by atoms with Crippen molar-refractivity contribution >= 4 is 29.3 Å². The molecule has 0 radical (unpaired) electrons. The fraction of sp³-hybridized carbons (Fsp3) is 0.484. The smallest absolute Gasteiger partial charge is 0.234 e. The quantitative estimate of drug-likeness (QED) is 0.348. The van der Waals surface area contributed by atoms with E-state index in [0.29, 0.717) is 18.2 Å². The molecule has 2 N–H and O–H groups in total. The summed E-state index contributed by atoms with van der Waals surface area (Å²) in [4.78, 5) is 26.4. The predicted octanol–water partition coefficient (Wildman–Crippen LogP) is 5.51. The van der Waals surface area contributed by atoms with Crippen molar-refractivity contribution in [3.63, 3.8) is 0 Å². The molecule has 4 saturated carbocycles. The van der Waals surface area contributed by atoms with Gasteiger partial charge in [0, 0.05) is 11.1 Å². The third-order valence-electron chi connectivity index (χ3n) is 8.90. The Morgan fingerprint density at radius 2 is 1.67 bits per heavy atom. The van der Waals surface area contributed by atoms with Crippen LogP contribution in [0.4, 0.5) is 5.69 Å². The van der Waals surface area contributed by atoms with Crippen molar-refractivity contribution in [3.8, 4) is 0 Å². The SMILES string of the molecule is Cc1ccc(C)c(NC(=O)CSc2nnc(CNC(=O)C34CC5CC(CC(C5)C3)C4)n2Cc2ccccc2)c1. The second-order valence-corrected chi connectivity index (χ2v) is 12.9. The molecule has 7 nitrogen and oxygen atoms in total. The molecule has 0 saturated heterocycles. The van der Waals surface area contributed by atoms with Crippen LogP contribution in [0.1, 0.15) is 61.0 Å². The van der Waals surface area contributed by atoms with Gasteiger partial charge in [-0.2, -0.15) is 0 Å². The van der Waals surface area contributed by atoms with Gasteiger partial charge in [-0.15, -0.1) is 10.2 Å². The molecule has 3 aromatic rings. The number of thioether (sulfide) groups is 1. The summed E-state index contributed by atoms with van der Waals surface area (Å²) in [6.45, 7) is 4.93. The minimum atomic E-state index is -0.192. The van der Waals surface area contributed by atoms with Crippen LogP contribution in [-0.4, -0.2) is 32.3 Å². The molecule has 1 heterocycles. The Kier molecular flexibility index (Phi) is 7.23. The minimum absolute atomic E-state index is 0.0837. The van der Waals surface area contributed by atoms with Crippen LogP contribution in [0.15, 0.2) is 53.7 Å². The van der Waals surface area contributed by atoms with Gasteiger partial charge in [-0.25, -0.2) is 0 Å². The first-order valence-electron chi connectivity index (χ1n) is 14.1. The number of hydrogen-bond acceptors (Lipinski definition) is 5. The summed E-state index contributed by atoms with van der Waals surface area (Å²) in [5.41, 5.74) is 3.89. The summed E-state index contributed by atoms with van der Waals surface area (Å²) in [6.07, 6.45) is 7.06. The monoisotopic (exact) mass is 543 g/mol. The second-order valence-electron chi connectivity index (χ2n) is 12.0. The highest BCUT2D eigenvalue weighted by atomic mass is 32.2. The number of carbonyl (C=O) groups excluding carboxylic acids is 2. The zero-order valence-electron chi connectivity index (χ0n) is 22.8. The van der Waals surface area contributed by atoms with E-state index >= 15 is 0 Å². The maximum atomic E-state index is 13.6. The summed E-state index contributed by atoms with van der Waals surface area (Å²) >= 11 is 1.37. The van der Waals surface area contributed by atoms with Gasteiger partial charge < -0.3 is 15.2 Å². The number of anilines is 1. The van der Waals surface area contributed by atoms with Gasteiger partial charge in [-0.1, -0.05) is 54.2 Å². The maximum absolute atomic E-state index is 13.6. The molecule has 2 aromatic carbocycles. The molecule has 8 heteroatoms. The van der Waals surface area contributed by atoms with E-state index in [9.17, 15) is 9.59 Å². The molecule has 1 aromatic heterocycles. The van der Waals surface area contributed by atoms with Gasteiger partial charge in [0.1, 0.15) is 0 Å². The van der Waals surface area contributed by atoms with Gasteiger partial charge in [-0.05, 0) is 92.9 Å².